The highest BCUT2D eigenvalue weighted by Crippen LogP contribution is 2.48. The van der Waals surface area contributed by atoms with Gasteiger partial charge in [0, 0.05) is 44.5 Å². The van der Waals surface area contributed by atoms with Gasteiger partial charge in [0.1, 0.15) is 0 Å². The topological polar surface area (TPSA) is 156 Å². The van der Waals surface area contributed by atoms with E-state index in [2.05, 4.69) is 79.7 Å². The summed E-state index contributed by atoms with van der Waals surface area (Å²) >= 11 is 0. The van der Waals surface area contributed by atoms with Crippen LogP contribution < -0.4 is 9.47 Å². The first-order valence-corrected chi connectivity index (χ1v) is 27.2. The SMILES string of the molecule is CCCCCCCCCCCCOc1cc2nc3c4cc(C(C)(C)C)cc5c6nc7cc([N+](=O)[O-])c([N+](=O)[O-])cc7nc6c6cc(C(C)(C)C)cc(c3nc2cc1OCCCCCCCCCCCC)c6c45. The predicted octanol–water partition coefficient (Wildman–Crippen LogP) is 17.8. The molecule has 0 N–H and O–H groups in total. The smallest absolute Gasteiger partial charge is 0.348 e. The van der Waals surface area contributed by atoms with Crippen LogP contribution >= 0.6 is 0 Å². The number of nitrogens with zero attached hydrogens (tertiary/aromatic N) is 6. The molecule has 0 amide bonds. The lowest BCUT2D eigenvalue weighted by Gasteiger charge is -2.25. The highest BCUT2D eigenvalue weighted by molar-refractivity contribution is 6.39. The maximum atomic E-state index is 12.1. The molecule has 72 heavy (non-hydrogen) atoms. The van der Waals surface area contributed by atoms with Crippen molar-refractivity contribution in [2.45, 2.75) is 195 Å². The Kier molecular flexibility index (Phi) is 16.6. The fourth-order valence-electron chi connectivity index (χ4n) is 10.4. The molecule has 8 rings (SSSR count). The van der Waals surface area contributed by atoms with Gasteiger partial charge in [-0.25, -0.2) is 19.9 Å². The molecule has 0 aliphatic heterocycles. The minimum atomic E-state index is -0.736. The van der Waals surface area contributed by atoms with Crippen molar-refractivity contribution in [2.24, 2.45) is 0 Å². The molecule has 382 valence electrons. The summed E-state index contributed by atoms with van der Waals surface area (Å²) in [6.07, 6.45) is 25.0. The molecule has 12 heteroatoms. The van der Waals surface area contributed by atoms with E-state index in [1.165, 1.54) is 115 Å². The lowest BCUT2D eigenvalue weighted by Crippen LogP contribution is -2.12. The van der Waals surface area contributed by atoms with Crippen LogP contribution in [0.15, 0.2) is 48.5 Å². The molecular formula is C60H76N6O6. The molecule has 8 aromatic rings. The lowest BCUT2D eigenvalue weighted by molar-refractivity contribution is -0.422. The summed E-state index contributed by atoms with van der Waals surface area (Å²) in [5, 5.41) is 29.6. The van der Waals surface area contributed by atoms with Gasteiger partial charge in [-0.15, -0.1) is 0 Å². The van der Waals surface area contributed by atoms with Crippen LogP contribution in [0.5, 0.6) is 11.5 Å². The van der Waals surface area contributed by atoms with Crippen LogP contribution in [-0.4, -0.2) is 43.0 Å². The van der Waals surface area contributed by atoms with E-state index in [0.29, 0.717) is 46.8 Å². The normalized spacial score (nSPS) is 12.5. The molecule has 0 fully saturated rings. The second-order valence-electron chi connectivity index (χ2n) is 22.4. The maximum Gasteiger partial charge on any atom is 0.348 e. The third-order valence-electron chi connectivity index (χ3n) is 14.7. The molecule has 2 aromatic heterocycles. The molecule has 0 aliphatic rings. The number of nitro benzene ring substituents is 2. The van der Waals surface area contributed by atoms with Gasteiger partial charge in [-0.05, 0) is 59.1 Å². The molecule has 0 saturated carbocycles. The second kappa shape index (κ2) is 22.8. The minimum Gasteiger partial charge on any atom is -0.490 e. The van der Waals surface area contributed by atoms with Gasteiger partial charge in [0.05, 0.1) is 79.3 Å². The zero-order valence-electron chi connectivity index (χ0n) is 44.3. The van der Waals surface area contributed by atoms with E-state index in [1.807, 2.05) is 12.1 Å². The fourth-order valence-corrected chi connectivity index (χ4v) is 10.4. The Morgan fingerprint density at radius 2 is 0.667 bits per heavy atom. The van der Waals surface area contributed by atoms with Crippen LogP contribution in [0.1, 0.15) is 195 Å². The average molecular weight is 977 g/mol. The van der Waals surface area contributed by atoms with Gasteiger partial charge in [-0.3, -0.25) is 20.2 Å². The van der Waals surface area contributed by atoms with E-state index in [9.17, 15) is 20.2 Å². The summed E-state index contributed by atoms with van der Waals surface area (Å²) in [5.74, 6) is 1.37. The highest BCUT2D eigenvalue weighted by Gasteiger charge is 2.29. The monoisotopic (exact) mass is 977 g/mol. The number of aromatic nitrogens is 4. The number of hydrogen-bond donors (Lipinski definition) is 0. The second-order valence-corrected chi connectivity index (χ2v) is 22.4. The number of fused-ring (bicyclic) bond motifs is 8. The fraction of sp³-hybridized carbons (Fsp3) is 0.533. The zero-order chi connectivity index (χ0) is 51.2. The van der Waals surface area contributed by atoms with Gasteiger partial charge >= 0.3 is 11.4 Å². The van der Waals surface area contributed by atoms with Crippen molar-refractivity contribution in [1.82, 2.24) is 19.9 Å². The predicted molar refractivity (Wildman–Crippen MR) is 297 cm³/mol. The van der Waals surface area contributed by atoms with E-state index in [1.54, 1.807) is 0 Å². The van der Waals surface area contributed by atoms with Gasteiger partial charge in [-0.2, -0.15) is 0 Å². The molecule has 0 saturated heterocycles. The first-order chi connectivity index (χ1) is 34.6. The Hall–Kier alpha value is -6.04. The number of rotatable bonds is 26. The van der Waals surface area contributed by atoms with Crippen LogP contribution in [0.25, 0.3) is 76.5 Å². The largest absolute Gasteiger partial charge is 0.490 e. The Labute approximate surface area is 424 Å². The molecule has 0 spiro atoms. The lowest BCUT2D eigenvalue weighted by atomic mass is 9.80. The first kappa shape index (κ1) is 52.3. The molecule has 2 heterocycles. The van der Waals surface area contributed by atoms with Crippen molar-refractivity contribution >= 4 is 87.8 Å². The van der Waals surface area contributed by atoms with Crippen molar-refractivity contribution in [3.63, 3.8) is 0 Å². The van der Waals surface area contributed by atoms with Crippen LogP contribution in [0.2, 0.25) is 0 Å². The van der Waals surface area contributed by atoms with Gasteiger partial charge in [-0.1, -0.05) is 171 Å². The van der Waals surface area contributed by atoms with E-state index in [-0.39, 0.29) is 21.9 Å². The van der Waals surface area contributed by atoms with Crippen molar-refractivity contribution in [3.8, 4) is 11.5 Å². The van der Waals surface area contributed by atoms with Crippen molar-refractivity contribution in [3.05, 3.63) is 79.9 Å². The van der Waals surface area contributed by atoms with Crippen LogP contribution in [-0.2, 0) is 10.8 Å². The van der Waals surface area contributed by atoms with Crippen molar-refractivity contribution < 1.29 is 19.3 Å². The minimum absolute atomic E-state index is 0.204. The van der Waals surface area contributed by atoms with Gasteiger partial charge < -0.3 is 9.47 Å². The van der Waals surface area contributed by atoms with Crippen LogP contribution in [0.4, 0.5) is 11.4 Å². The van der Waals surface area contributed by atoms with Crippen LogP contribution in [0.3, 0.4) is 0 Å². The van der Waals surface area contributed by atoms with E-state index in [4.69, 9.17) is 29.4 Å². The summed E-state index contributed by atoms with van der Waals surface area (Å²) in [6.45, 7) is 18.7. The highest BCUT2D eigenvalue weighted by atomic mass is 16.6. The third kappa shape index (κ3) is 11.6. The summed E-state index contributed by atoms with van der Waals surface area (Å²) in [4.78, 5) is 44.1. The zero-order valence-corrected chi connectivity index (χ0v) is 44.3. The summed E-state index contributed by atoms with van der Waals surface area (Å²) in [7, 11) is 0. The van der Waals surface area contributed by atoms with E-state index >= 15 is 0 Å². The molecule has 6 aromatic carbocycles. The van der Waals surface area contributed by atoms with Gasteiger partial charge in [0.15, 0.2) is 11.5 Å². The van der Waals surface area contributed by atoms with Gasteiger partial charge in [0.25, 0.3) is 0 Å². The molecule has 0 aliphatic carbocycles. The van der Waals surface area contributed by atoms with Crippen molar-refractivity contribution in [2.75, 3.05) is 13.2 Å². The summed E-state index contributed by atoms with van der Waals surface area (Å²) in [5.41, 5.74) is 4.66. The Morgan fingerprint density at radius 3 is 0.931 bits per heavy atom. The Balaban J connectivity index is 1.25. The van der Waals surface area contributed by atoms with E-state index < -0.39 is 21.2 Å². The quantitative estimate of drug-likeness (QED) is 0.0168. The third-order valence-corrected chi connectivity index (χ3v) is 14.7. The standard InChI is InChI=1S/C60H76N6O6/c1-9-11-13-15-17-19-21-23-25-27-29-71-51-37-47-48(38-52(51)72-30-28-26-24-22-20-18-16-14-12-10-2)64-58-44-34-40(60(6,7)8)32-42-54(44)53-41(31-39(59(3,4)5)33-43(53)57(58)63-47)55-56(42)62-46-36-50(66(69)70)49(65(67)68)35-45(46)61-55/h31-38H,9-30H2,1-8H3. The number of nitro groups is 2. The van der Waals surface area contributed by atoms with Gasteiger partial charge in [0.2, 0.25) is 0 Å². The molecule has 0 bridgehead atoms. The molecular weight excluding hydrogens is 901 g/mol. The van der Waals surface area contributed by atoms with Crippen LogP contribution in [0, 0.1) is 20.2 Å². The first-order valence-electron chi connectivity index (χ1n) is 27.2. The maximum absolute atomic E-state index is 12.1. The molecule has 0 unspecified atom stereocenters. The Morgan fingerprint density at radius 1 is 0.403 bits per heavy atom. The Bertz CT molecular complexity index is 3010. The molecule has 0 radical (unpaired) electrons. The van der Waals surface area contributed by atoms with Crippen molar-refractivity contribution in [1.29, 1.82) is 0 Å². The number of ether oxygens (including phenoxy) is 2. The summed E-state index contributed by atoms with van der Waals surface area (Å²) in [6, 6.07) is 15.1. The van der Waals surface area contributed by atoms with E-state index in [0.717, 1.165) is 80.2 Å². The number of hydrogen-bond acceptors (Lipinski definition) is 10. The number of unbranched alkanes of at least 4 members (excludes halogenated alkanes) is 18. The number of benzene rings is 6. The molecule has 12 nitrogen and oxygen atoms in total. The summed E-state index contributed by atoms with van der Waals surface area (Å²) < 4.78 is 13.3. The molecule has 0 atom stereocenters. The average Bonchev–Trinajstić information content (AvgIpc) is 3.34.